The number of carbonyl (C=O) groups is 1. The van der Waals surface area contributed by atoms with Crippen LogP contribution in [0.25, 0.3) is 0 Å². The van der Waals surface area contributed by atoms with Gasteiger partial charge in [-0.25, -0.2) is 14.8 Å². The summed E-state index contributed by atoms with van der Waals surface area (Å²) in [5.74, 6) is 7.65. The van der Waals surface area contributed by atoms with Gasteiger partial charge in [-0.1, -0.05) is 43.8 Å². The molecule has 9 nitrogen and oxygen atoms in total. The Hall–Kier alpha value is -3.90. The van der Waals surface area contributed by atoms with Gasteiger partial charge in [0.15, 0.2) is 5.82 Å². The summed E-state index contributed by atoms with van der Waals surface area (Å²) in [6, 6.07) is 8.51. The molecule has 0 fully saturated rings. The first kappa shape index (κ1) is 22.8. The Kier molecular flexibility index (Phi) is 7.41. The number of amides is 2. The van der Waals surface area contributed by atoms with E-state index in [0.29, 0.717) is 35.3 Å². The Morgan fingerprint density at radius 2 is 1.84 bits per heavy atom. The molecule has 2 amide bonds. The van der Waals surface area contributed by atoms with E-state index in [1.807, 2.05) is 32.9 Å². The molecule has 3 rings (SSSR count). The van der Waals surface area contributed by atoms with E-state index in [1.54, 1.807) is 30.6 Å². The normalized spacial score (nSPS) is 10.8. The molecule has 0 bridgehead atoms. The van der Waals surface area contributed by atoms with Gasteiger partial charge >= 0.3 is 6.03 Å². The van der Waals surface area contributed by atoms with Crippen molar-refractivity contribution < 1.29 is 9.32 Å². The number of rotatable bonds is 6. The third-order valence-corrected chi connectivity index (χ3v) is 4.28. The fourth-order valence-corrected chi connectivity index (χ4v) is 2.57. The van der Waals surface area contributed by atoms with Crippen LogP contribution in [0.1, 0.15) is 44.1 Å². The van der Waals surface area contributed by atoms with Crippen molar-refractivity contribution in [2.75, 3.05) is 29.0 Å². The number of nitrogens with two attached hydrogens (primary N) is 1. The van der Waals surface area contributed by atoms with Crippen LogP contribution in [0, 0.1) is 11.8 Å². The van der Waals surface area contributed by atoms with Crippen molar-refractivity contribution in [1.82, 2.24) is 15.1 Å². The summed E-state index contributed by atoms with van der Waals surface area (Å²) in [6.45, 7) is 7.36. The predicted octanol–water partition coefficient (Wildman–Crippen LogP) is 3.57. The van der Waals surface area contributed by atoms with Gasteiger partial charge in [-0.3, -0.25) is 5.32 Å². The van der Waals surface area contributed by atoms with E-state index in [-0.39, 0.29) is 5.41 Å². The molecule has 0 saturated carbocycles. The molecule has 5 N–H and O–H groups in total. The van der Waals surface area contributed by atoms with Crippen molar-refractivity contribution in [1.29, 1.82) is 0 Å². The first-order chi connectivity index (χ1) is 15.3. The Labute approximate surface area is 187 Å². The molecular weight excluding hydrogens is 406 g/mol. The van der Waals surface area contributed by atoms with E-state index in [0.717, 1.165) is 18.5 Å². The van der Waals surface area contributed by atoms with Crippen LogP contribution in [0.5, 0.6) is 0 Å². The third kappa shape index (κ3) is 6.82. The van der Waals surface area contributed by atoms with Gasteiger partial charge in [0.2, 0.25) is 5.95 Å². The summed E-state index contributed by atoms with van der Waals surface area (Å²) in [5, 5.41) is 12.4. The fraction of sp³-hybridized carbons (Fsp3) is 0.304. The monoisotopic (exact) mass is 433 g/mol. The average Bonchev–Trinajstić information content (AvgIpc) is 3.22. The van der Waals surface area contributed by atoms with E-state index in [4.69, 9.17) is 10.3 Å². The Morgan fingerprint density at radius 1 is 1.09 bits per heavy atom. The largest absolute Gasteiger partial charge is 0.359 e. The van der Waals surface area contributed by atoms with E-state index >= 15 is 0 Å². The van der Waals surface area contributed by atoms with Crippen molar-refractivity contribution in [3.8, 4) is 11.8 Å². The van der Waals surface area contributed by atoms with Gasteiger partial charge in [-0.2, -0.15) is 0 Å². The molecule has 2 heterocycles. The maximum atomic E-state index is 12.3. The summed E-state index contributed by atoms with van der Waals surface area (Å²) < 4.78 is 5.28. The van der Waals surface area contributed by atoms with Gasteiger partial charge in [0, 0.05) is 41.7 Å². The topological polar surface area (TPSA) is 131 Å². The highest BCUT2D eigenvalue weighted by Gasteiger charge is 2.20. The van der Waals surface area contributed by atoms with E-state index in [2.05, 4.69) is 42.9 Å². The number of anilines is 3. The van der Waals surface area contributed by atoms with Gasteiger partial charge in [0.1, 0.15) is 5.76 Å². The molecule has 32 heavy (non-hydrogen) atoms. The molecule has 0 radical (unpaired) electrons. The highest BCUT2D eigenvalue weighted by molar-refractivity contribution is 5.99. The first-order valence-corrected chi connectivity index (χ1v) is 10.3. The van der Waals surface area contributed by atoms with Crippen molar-refractivity contribution >= 4 is 23.5 Å². The molecule has 1 aromatic carbocycles. The zero-order valence-corrected chi connectivity index (χ0v) is 18.4. The van der Waals surface area contributed by atoms with Gasteiger partial charge in [0.25, 0.3) is 0 Å². The van der Waals surface area contributed by atoms with Gasteiger partial charge in [0.05, 0.1) is 5.56 Å². The number of nitrogens with zero attached hydrogens (tertiary/aromatic N) is 3. The summed E-state index contributed by atoms with van der Waals surface area (Å²) in [5.41, 5.74) is 7.30. The lowest BCUT2D eigenvalue weighted by Crippen LogP contribution is -2.19. The Bertz CT molecular complexity index is 1110. The third-order valence-electron chi connectivity index (χ3n) is 4.28. The van der Waals surface area contributed by atoms with Crippen LogP contribution in [0.15, 0.2) is 47.2 Å². The smallest absolute Gasteiger partial charge is 0.324 e. The van der Waals surface area contributed by atoms with E-state index in [1.165, 1.54) is 0 Å². The van der Waals surface area contributed by atoms with Crippen molar-refractivity contribution in [3.63, 3.8) is 0 Å². The van der Waals surface area contributed by atoms with Crippen LogP contribution >= 0.6 is 0 Å². The Balaban J connectivity index is 1.58. The lowest BCUT2D eigenvalue weighted by Gasteiger charge is -2.12. The summed E-state index contributed by atoms with van der Waals surface area (Å²) in [6.07, 6.45) is 4.16. The highest BCUT2D eigenvalue weighted by Crippen LogP contribution is 2.24. The number of urea groups is 1. The second-order valence-corrected chi connectivity index (χ2v) is 8.10. The molecule has 0 atom stereocenters. The zero-order valence-electron chi connectivity index (χ0n) is 18.4. The number of hydrogen-bond donors (Lipinski definition) is 4. The number of carbonyl (C=O) groups excluding carboxylic acids is 1. The quantitative estimate of drug-likeness (QED) is 0.345. The van der Waals surface area contributed by atoms with Crippen LogP contribution in [0.2, 0.25) is 0 Å². The van der Waals surface area contributed by atoms with Crippen LogP contribution in [-0.4, -0.2) is 34.2 Å². The lowest BCUT2D eigenvalue weighted by molar-refractivity contribution is 0.262. The molecule has 166 valence electrons. The molecular formula is C23H27N7O2. The van der Waals surface area contributed by atoms with E-state index < -0.39 is 6.03 Å². The second kappa shape index (κ2) is 10.4. The lowest BCUT2D eigenvalue weighted by atomic mass is 9.93. The van der Waals surface area contributed by atoms with Crippen molar-refractivity contribution in [3.05, 3.63) is 59.6 Å². The molecule has 2 aromatic heterocycles. The molecule has 0 aliphatic carbocycles. The zero-order chi connectivity index (χ0) is 23.0. The maximum absolute atomic E-state index is 12.3. The van der Waals surface area contributed by atoms with Crippen LogP contribution < -0.4 is 21.7 Å². The minimum atomic E-state index is -0.421. The average molecular weight is 434 g/mol. The fourth-order valence-electron chi connectivity index (χ4n) is 2.57. The van der Waals surface area contributed by atoms with Crippen molar-refractivity contribution in [2.45, 2.75) is 32.6 Å². The molecule has 0 saturated heterocycles. The minimum absolute atomic E-state index is 0.192. The highest BCUT2D eigenvalue weighted by atomic mass is 16.5. The van der Waals surface area contributed by atoms with Crippen LogP contribution in [-0.2, 0) is 5.41 Å². The number of benzene rings is 1. The first-order valence-electron chi connectivity index (χ1n) is 10.3. The van der Waals surface area contributed by atoms with Gasteiger partial charge < -0.3 is 20.9 Å². The molecule has 0 unspecified atom stereocenters. The standard InChI is InChI=1S/C23H27N7O2/c1-23(2,3)19-13-20(30-32-19)29-22(31)28-18-7-4-6-16(12-18)8-9-17-14-26-21(27-15-17)25-11-5-10-24/h4,6-7,12-15H,5,10-11,24H2,1-3H3,(H,25,26,27)(H2,28,29,30,31). The molecule has 0 aliphatic heterocycles. The predicted molar refractivity (Wildman–Crippen MR) is 124 cm³/mol. The van der Waals surface area contributed by atoms with Gasteiger partial charge in [-0.15, -0.1) is 0 Å². The molecule has 0 aliphatic rings. The van der Waals surface area contributed by atoms with Crippen molar-refractivity contribution in [2.24, 2.45) is 5.73 Å². The molecule has 0 spiro atoms. The second-order valence-electron chi connectivity index (χ2n) is 8.10. The summed E-state index contributed by atoms with van der Waals surface area (Å²) in [4.78, 5) is 20.8. The number of aromatic nitrogens is 3. The van der Waals surface area contributed by atoms with Gasteiger partial charge in [-0.05, 0) is 31.2 Å². The maximum Gasteiger partial charge on any atom is 0.324 e. The van der Waals surface area contributed by atoms with Crippen LogP contribution in [0.4, 0.5) is 22.2 Å². The molecule has 9 heteroatoms. The SMILES string of the molecule is CC(C)(C)c1cc(NC(=O)Nc2cccc(C#Cc3cnc(NCCCN)nc3)c2)no1. The summed E-state index contributed by atoms with van der Waals surface area (Å²) >= 11 is 0. The number of hydrogen-bond acceptors (Lipinski definition) is 7. The molecule has 3 aromatic rings. The van der Waals surface area contributed by atoms with E-state index in [9.17, 15) is 4.79 Å². The Morgan fingerprint density at radius 3 is 2.53 bits per heavy atom. The number of nitrogens with one attached hydrogen (secondary N) is 3. The summed E-state index contributed by atoms with van der Waals surface area (Å²) in [7, 11) is 0. The van der Waals surface area contributed by atoms with Crippen LogP contribution in [0.3, 0.4) is 0 Å². The minimum Gasteiger partial charge on any atom is -0.359 e.